The molecular formula is C17H31NO5. The molecule has 0 amide bonds. The van der Waals surface area contributed by atoms with Crippen LogP contribution in [0, 0.1) is 0 Å². The number of unbranched alkanes of at least 4 members (excludes halogenated alkanes) is 2. The number of hydrogen-bond acceptors (Lipinski definition) is 6. The second-order valence-electron chi connectivity index (χ2n) is 7.62. The lowest BCUT2D eigenvalue weighted by molar-refractivity contribution is -0.223. The van der Waals surface area contributed by atoms with E-state index in [0.29, 0.717) is 6.61 Å². The van der Waals surface area contributed by atoms with Crippen molar-refractivity contribution >= 4 is 0 Å². The van der Waals surface area contributed by atoms with E-state index in [4.69, 9.17) is 23.7 Å². The van der Waals surface area contributed by atoms with Gasteiger partial charge >= 0.3 is 0 Å². The normalized spacial score (nSPS) is 41.3. The minimum Gasteiger partial charge on any atom is -0.348 e. The first-order valence-corrected chi connectivity index (χ1v) is 8.87. The molecule has 0 aliphatic carbocycles. The highest BCUT2D eigenvalue weighted by Gasteiger charge is 2.57. The van der Waals surface area contributed by atoms with Crippen molar-refractivity contribution in [2.75, 3.05) is 13.2 Å². The lowest BCUT2D eigenvalue weighted by Crippen LogP contribution is -2.51. The Labute approximate surface area is 139 Å². The predicted octanol–water partition coefficient (Wildman–Crippen LogP) is 2.16. The zero-order valence-electron chi connectivity index (χ0n) is 15.0. The van der Waals surface area contributed by atoms with Crippen LogP contribution in [0.1, 0.15) is 53.9 Å². The highest BCUT2D eigenvalue weighted by atomic mass is 16.8. The number of ether oxygens (including phenoxy) is 5. The van der Waals surface area contributed by atoms with E-state index >= 15 is 0 Å². The van der Waals surface area contributed by atoms with Crippen molar-refractivity contribution in [2.45, 2.75) is 96.1 Å². The molecule has 5 atom stereocenters. The molecular weight excluding hydrogens is 298 g/mol. The Balaban J connectivity index is 1.66. The molecule has 0 unspecified atom stereocenters. The van der Waals surface area contributed by atoms with Crippen LogP contribution in [0.3, 0.4) is 0 Å². The summed E-state index contributed by atoms with van der Waals surface area (Å²) in [5.41, 5.74) is 0. The Morgan fingerprint density at radius 3 is 2.39 bits per heavy atom. The molecule has 3 rings (SSSR count). The van der Waals surface area contributed by atoms with Crippen molar-refractivity contribution in [1.82, 2.24) is 5.32 Å². The van der Waals surface area contributed by atoms with Gasteiger partial charge in [0.15, 0.2) is 17.9 Å². The third-order valence-corrected chi connectivity index (χ3v) is 4.64. The molecule has 0 aromatic carbocycles. The van der Waals surface area contributed by atoms with Crippen LogP contribution in [0.15, 0.2) is 0 Å². The zero-order valence-corrected chi connectivity index (χ0v) is 15.0. The van der Waals surface area contributed by atoms with Gasteiger partial charge in [0.25, 0.3) is 0 Å². The molecule has 0 spiro atoms. The molecule has 23 heavy (non-hydrogen) atoms. The quantitative estimate of drug-likeness (QED) is 0.754. The maximum absolute atomic E-state index is 6.15. The van der Waals surface area contributed by atoms with Crippen LogP contribution in [0.2, 0.25) is 0 Å². The van der Waals surface area contributed by atoms with Crippen molar-refractivity contribution in [3.63, 3.8) is 0 Å². The number of rotatable bonds is 6. The van der Waals surface area contributed by atoms with Gasteiger partial charge < -0.3 is 29.0 Å². The van der Waals surface area contributed by atoms with E-state index in [-0.39, 0.29) is 30.6 Å². The lowest BCUT2D eigenvalue weighted by atomic mass is 10.0. The average Bonchev–Trinajstić information content (AvgIpc) is 3.05. The van der Waals surface area contributed by atoms with E-state index < -0.39 is 11.6 Å². The molecule has 3 aliphatic rings. The van der Waals surface area contributed by atoms with E-state index in [1.807, 2.05) is 27.7 Å². The van der Waals surface area contributed by atoms with Gasteiger partial charge in [-0.3, -0.25) is 0 Å². The number of hydrogen-bond donors (Lipinski definition) is 1. The molecule has 6 heteroatoms. The molecule has 134 valence electrons. The summed E-state index contributed by atoms with van der Waals surface area (Å²) in [4.78, 5) is 0. The van der Waals surface area contributed by atoms with Crippen LogP contribution in [0.25, 0.3) is 0 Å². The van der Waals surface area contributed by atoms with Crippen LogP contribution in [0.5, 0.6) is 0 Å². The molecule has 0 aromatic heterocycles. The monoisotopic (exact) mass is 329 g/mol. The van der Waals surface area contributed by atoms with Crippen molar-refractivity contribution in [2.24, 2.45) is 0 Å². The molecule has 6 nitrogen and oxygen atoms in total. The molecule has 0 radical (unpaired) electrons. The van der Waals surface area contributed by atoms with Crippen LogP contribution >= 0.6 is 0 Å². The SMILES string of the molecule is CCCCCN[C@H]1[C@H]2OC(C)(C)O[C@H]2O[C@@H]1[C@H]1COC(C)(C)O1. The van der Waals surface area contributed by atoms with Gasteiger partial charge in [0.05, 0.1) is 12.6 Å². The molecule has 0 saturated carbocycles. The maximum atomic E-state index is 6.15. The Kier molecular flexibility index (Phi) is 5.03. The summed E-state index contributed by atoms with van der Waals surface area (Å²) < 4.78 is 29.8. The highest BCUT2D eigenvalue weighted by Crippen LogP contribution is 2.40. The third kappa shape index (κ3) is 3.89. The van der Waals surface area contributed by atoms with Crippen molar-refractivity contribution < 1.29 is 23.7 Å². The summed E-state index contributed by atoms with van der Waals surface area (Å²) in [6.07, 6.45) is 2.90. The fraction of sp³-hybridized carbons (Fsp3) is 1.00. The van der Waals surface area contributed by atoms with Gasteiger partial charge in [-0.05, 0) is 40.7 Å². The second-order valence-corrected chi connectivity index (χ2v) is 7.62. The molecule has 3 fully saturated rings. The summed E-state index contributed by atoms with van der Waals surface area (Å²) in [6, 6.07) is 0.0566. The van der Waals surface area contributed by atoms with E-state index in [9.17, 15) is 0 Å². The minimum atomic E-state index is -0.601. The summed E-state index contributed by atoms with van der Waals surface area (Å²) in [7, 11) is 0. The average molecular weight is 329 g/mol. The summed E-state index contributed by atoms with van der Waals surface area (Å²) >= 11 is 0. The van der Waals surface area contributed by atoms with Crippen molar-refractivity contribution in [3.8, 4) is 0 Å². The Morgan fingerprint density at radius 2 is 1.74 bits per heavy atom. The van der Waals surface area contributed by atoms with Gasteiger partial charge in [0.1, 0.15) is 18.3 Å². The second kappa shape index (κ2) is 6.58. The third-order valence-electron chi connectivity index (χ3n) is 4.64. The Morgan fingerprint density at radius 1 is 0.957 bits per heavy atom. The topological polar surface area (TPSA) is 58.2 Å². The zero-order chi connectivity index (χ0) is 16.7. The lowest BCUT2D eigenvalue weighted by Gasteiger charge is -2.29. The van der Waals surface area contributed by atoms with Crippen LogP contribution in [-0.2, 0) is 23.7 Å². The van der Waals surface area contributed by atoms with Gasteiger partial charge in [0.2, 0.25) is 0 Å². The van der Waals surface area contributed by atoms with Gasteiger partial charge in [-0.1, -0.05) is 19.8 Å². The number of fused-ring (bicyclic) bond motifs is 1. The minimum absolute atomic E-state index is 0.0566. The van der Waals surface area contributed by atoms with Crippen LogP contribution < -0.4 is 5.32 Å². The Bertz CT molecular complexity index is 414. The van der Waals surface area contributed by atoms with E-state index in [2.05, 4.69) is 12.2 Å². The van der Waals surface area contributed by atoms with E-state index in [1.165, 1.54) is 12.8 Å². The molecule has 1 N–H and O–H groups in total. The fourth-order valence-corrected chi connectivity index (χ4v) is 3.60. The fourth-order valence-electron chi connectivity index (χ4n) is 3.60. The van der Waals surface area contributed by atoms with Gasteiger partial charge in [-0.2, -0.15) is 0 Å². The summed E-state index contributed by atoms with van der Waals surface area (Å²) in [5, 5.41) is 3.61. The highest BCUT2D eigenvalue weighted by molar-refractivity contribution is 5.01. The largest absolute Gasteiger partial charge is 0.348 e. The molecule has 3 heterocycles. The van der Waals surface area contributed by atoms with Gasteiger partial charge in [-0.15, -0.1) is 0 Å². The van der Waals surface area contributed by atoms with Gasteiger partial charge in [0, 0.05) is 0 Å². The summed E-state index contributed by atoms with van der Waals surface area (Å²) in [5.74, 6) is -1.16. The molecule has 0 bridgehead atoms. The molecule has 3 saturated heterocycles. The van der Waals surface area contributed by atoms with E-state index in [0.717, 1.165) is 13.0 Å². The van der Waals surface area contributed by atoms with Crippen LogP contribution in [0.4, 0.5) is 0 Å². The van der Waals surface area contributed by atoms with Crippen molar-refractivity contribution in [3.05, 3.63) is 0 Å². The smallest absolute Gasteiger partial charge is 0.189 e. The predicted molar refractivity (Wildman–Crippen MR) is 84.9 cm³/mol. The first-order valence-electron chi connectivity index (χ1n) is 8.87. The maximum Gasteiger partial charge on any atom is 0.189 e. The first-order chi connectivity index (χ1) is 10.8. The summed E-state index contributed by atoms with van der Waals surface area (Å²) in [6.45, 7) is 11.4. The first kappa shape index (κ1) is 17.6. The number of nitrogens with one attached hydrogen (secondary N) is 1. The van der Waals surface area contributed by atoms with E-state index in [1.54, 1.807) is 0 Å². The van der Waals surface area contributed by atoms with Crippen LogP contribution in [-0.4, -0.2) is 55.4 Å². The molecule has 3 aliphatic heterocycles. The Hall–Kier alpha value is -0.240. The molecule has 0 aromatic rings. The standard InChI is InChI=1S/C17H31NO5/c1-6-7-8-9-18-12-13(11-10-19-16(2,3)21-11)20-15-14(12)22-17(4,5)23-15/h11-15,18H,6-10H2,1-5H3/t11-,12-,13-,14-,15-/m1/s1. The van der Waals surface area contributed by atoms with Gasteiger partial charge in [-0.25, -0.2) is 0 Å². The van der Waals surface area contributed by atoms with Crippen molar-refractivity contribution in [1.29, 1.82) is 0 Å².